The summed E-state index contributed by atoms with van der Waals surface area (Å²) in [5.41, 5.74) is 0.372. The van der Waals surface area contributed by atoms with Gasteiger partial charge in [0.1, 0.15) is 84.1 Å². The number of carbonyl (C=O) groups excluding carboxylic acids is 2. The molecule has 0 aromatic rings. The molecule has 28 heteroatoms. The number of hydrogen-bond acceptors (Lipinski definition) is 28. The first kappa shape index (κ1) is 96.5. The molecule has 4 bridgehead atoms. The summed E-state index contributed by atoms with van der Waals surface area (Å²) in [4.78, 5) is 28.7. The van der Waals surface area contributed by atoms with E-state index in [1.807, 2.05) is 38.2 Å². The van der Waals surface area contributed by atoms with E-state index >= 15 is 0 Å². The molecule has 0 amide bonds. The number of hydrogen-bond donors (Lipinski definition) is 6. The van der Waals surface area contributed by atoms with Crippen molar-refractivity contribution >= 4 is 11.9 Å². The quantitative estimate of drug-likeness (QED) is 0.0655. The lowest BCUT2D eigenvalue weighted by molar-refractivity contribution is -0.341. The normalized spacial score (nSPS) is 47.3. The van der Waals surface area contributed by atoms with Gasteiger partial charge in [0.15, 0.2) is 36.7 Å². The number of rotatable bonds is 15. The van der Waals surface area contributed by atoms with Crippen molar-refractivity contribution in [3.63, 3.8) is 0 Å². The highest BCUT2D eigenvalue weighted by Crippen LogP contribution is 2.52. The maximum atomic E-state index is 14.4. The molecule has 12 heterocycles. The molecule has 39 atom stereocenters. The Balaban J connectivity index is 0.000000212. The molecule has 14 aliphatic rings. The van der Waals surface area contributed by atoms with Gasteiger partial charge in [-0.3, -0.25) is 9.59 Å². The van der Waals surface area contributed by atoms with Gasteiger partial charge in [-0.15, -0.1) is 0 Å². The fourth-order valence-electron chi connectivity index (χ4n) is 21.8. The van der Waals surface area contributed by atoms with Crippen LogP contribution in [0.15, 0.2) is 94.2 Å². The summed E-state index contributed by atoms with van der Waals surface area (Å²) in [6.07, 6.45) is 12.1. The van der Waals surface area contributed by atoms with Gasteiger partial charge in [-0.2, -0.15) is 0 Å². The molecule has 10 fully saturated rings. The number of ether oxygens (including phenoxy) is 20. The van der Waals surface area contributed by atoms with Crippen LogP contribution in [0.1, 0.15) is 207 Å². The largest absolute Gasteiger partial charge is 0.462 e. The summed E-state index contributed by atoms with van der Waals surface area (Å²) in [6.45, 7) is 32.5. The number of fused-ring (bicyclic) bond motifs is 4. The first-order chi connectivity index (χ1) is 58.5. The van der Waals surface area contributed by atoms with Gasteiger partial charge in [-0.25, -0.2) is 0 Å². The molecule has 12 aliphatic heterocycles. The Labute approximate surface area is 728 Å². The minimum atomic E-state index is -1.82. The van der Waals surface area contributed by atoms with E-state index in [-0.39, 0.29) is 67.6 Å². The Kier molecular flexibility index (Phi) is 31.9. The second-order valence-corrected chi connectivity index (χ2v) is 38.6. The van der Waals surface area contributed by atoms with Crippen LogP contribution in [0.4, 0.5) is 0 Å². The zero-order valence-corrected chi connectivity index (χ0v) is 76.2. The fourth-order valence-corrected chi connectivity index (χ4v) is 21.8. The fraction of sp³-hybridized carbons (Fsp3) is 0.811. The summed E-state index contributed by atoms with van der Waals surface area (Å²) < 4.78 is 128. The van der Waals surface area contributed by atoms with Crippen molar-refractivity contribution < 1.29 is 135 Å². The highest BCUT2D eigenvalue weighted by molar-refractivity contribution is 5.79. The Morgan fingerprint density at radius 2 is 0.846 bits per heavy atom. The van der Waals surface area contributed by atoms with E-state index in [1.54, 1.807) is 80.4 Å². The Morgan fingerprint density at radius 3 is 1.24 bits per heavy atom. The molecular formula is C95H146O28. The summed E-state index contributed by atoms with van der Waals surface area (Å²) in [5.74, 6) is -4.25. The SMILES string of the molecule is CC[C@H](C)[C@H]1O[C@]2(CC[C@@H]1C)C[C@@H]1C[C@@H](CC=C(C)[C@@H](O[C@H]3C[C@H](OC)[C@@H](O[C@H]4C[C@H](OC)[C@@H](O)[C@H](C)O4)[C@H](C)O3)[C@@H](C)C=CC=C3CO[C@@H]4[C@H](O)C(C)=C[C@@H](C(=O)O1)[C@]34O)O2.CO[C@H]1C[C@H](O[C@H]2[C@H](C)O[C@@H](O[C@@H]3C(C)=CC[C@@H]4C[C@@H](C[C@]5(CC[C@H](C)[C@@H](C(C)C)O5)O4)OC(=O)[C@@H]4C=C(C)[C@@H](O)[C@H]5OCC(=CC=C[C@@H]3C)[C@]54O)C[C@@H]2OC)O[C@@H](C)[C@@H]1O. The van der Waals surface area contributed by atoms with E-state index in [0.29, 0.717) is 117 Å². The zero-order chi connectivity index (χ0) is 88.6. The van der Waals surface area contributed by atoms with Crippen LogP contribution in [0, 0.1) is 47.3 Å². The van der Waals surface area contributed by atoms with E-state index < -0.39 is 182 Å². The van der Waals surface area contributed by atoms with E-state index in [9.17, 15) is 40.2 Å². The van der Waals surface area contributed by atoms with Crippen LogP contribution in [0.3, 0.4) is 0 Å². The predicted molar refractivity (Wildman–Crippen MR) is 450 cm³/mol. The number of methoxy groups -OCH3 is 4. The van der Waals surface area contributed by atoms with E-state index in [4.69, 9.17) is 94.7 Å². The van der Waals surface area contributed by atoms with Crippen molar-refractivity contribution in [2.24, 2.45) is 47.3 Å². The first-order valence-electron chi connectivity index (χ1n) is 45.8. The summed E-state index contributed by atoms with van der Waals surface area (Å²) in [6, 6.07) is 0. The highest BCUT2D eigenvalue weighted by Gasteiger charge is 2.63. The molecule has 28 nitrogen and oxygen atoms in total. The van der Waals surface area contributed by atoms with Gasteiger partial charge in [-0.05, 0) is 138 Å². The number of carbonyl (C=O) groups is 2. The van der Waals surface area contributed by atoms with Gasteiger partial charge in [-0.1, -0.05) is 123 Å². The van der Waals surface area contributed by atoms with Crippen LogP contribution in [0.25, 0.3) is 0 Å². The van der Waals surface area contributed by atoms with Gasteiger partial charge in [0, 0.05) is 104 Å². The highest BCUT2D eigenvalue weighted by atomic mass is 16.8. The number of esters is 2. The van der Waals surface area contributed by atoms with Crippen LogP contribution < -0.4 is 0 Å². The predicted octanol–water partition coefficient (Wildman–Crippen LogP) is 10.8. The van der Waals surface area contributed by atoms with Crippen LogP contribution in [-0.2, 0) is 104 Å². The third-order valence-electron chi connectivity index (χ3n) is 29.3. The average Bonchev–Trinajstić information content (AvgIpc) is 1.61. The van der Waals surface area contributed by atoms with Gasteiger partial charge in [0.2, 0.25) is 0 Å². The lowest BCUT2D eigenvalue weighted by atomic mass is 9.71. The second kappa shape index (κ2) is 40.7. The van der Waals surface area contributed by atoms with Crippen molar-refractivity contribution in [2.45, 2.75) is 402 Å². The molecule has 0 saturated carbocycles. The van der Waals surface area contributed by atoms with Crippen molar-refractivity contribution in [3.8, 4) is 0 Å². The Bertz CT molecular complexity index is 3810. The smallest absolute Gasteiger partial charge is 0.316 e. The van der Waals surface area contributed by atoms with Crippen molar-refractivity contribution in [1.29, 1.82) is 0 Å². The molecular weight excluding hydrogens is 1590 g/mol. The lowest BCUT2D eigenvalue weighted by Crippen LogP contribution is -2.58. The second-order valence-electron chi connectivity index (χ2n) is 38.6. The summed E-state index contributed by atoms with van der Waals surface area (Å²) in [5, 5.41) is 68.4. The molecule has 10 saturated heterocycles. The Hall–Kier alpha value is -4.10. The maximum Gasteiger partial charge on any atom is 0.316 e. The minimum Gasteiger partial charge on any atom is -0.462 e. The van der Waals surface area contributed by atoms with Crippen LogP contribution >= 0.6 is 0 Å². The summed E-state index contributed by atoms with van der Waals surface area (Å²) >= 11 is 0. The molecule has 694 valence electrons. The van der Waals surface area contributed by atoms with E-state index in [0.717, 1.165) is 30.4 Å². The molecule has 123 heavy (non-hydrogen) atoms. The molecule has 14 rings (SSSR count). The van der Waals surface area contributed by atoms with Gasteiger partial charge in [0.25, 0.3) is 0 Å². The molecule has 2 spiro atoms. The molecule has 0 aromatic carbocycles. The van der Waals surface area contributed by atoms with Crippen molar-refractivity contribution in [3.05, 3.63) is 94.2 Å². The monoisotopic (exact) mass is 1740 g/mol. The topological polar surface area (TPSA) is 340 Å². The summed E-state index contributed by atoms with van der Waals surface area (Å²) in [7, 11) is 6.45. The molecule has 6 N–H and O–H groups in total. The first-order valence-corrected chi connectivity index (χ1v) is 45.8. The molecule has 0 radical (unpaired) electrons. The molecule has 2 aliphatic carbocycles. The third-order valence-corrected chi connectivity index (χ3v) is 29.3. The van der Waals surface area contributed by atoms with Crippen LogP contribution in [-0.4, -0.2) is 279 Å². The van der Waals surface area contributed by atoms with Gasteiger partial charge >= 0.3 is 11.9 Å². The Morgan fingerprint density at radius 1 is 0.472 bits per heavy atom. The molecule has 0 unspecified atom stereocenters. The van der Waals surface area contributed by atoms with Crippen LogP contribution in [0.5, 0.6) is 0 Å². The van der Waals surface area contributed by atoms with E-state index in [2.05, 4.69) is 81.4 Å². The third kappa shape index (κ3) is 20.8. The number of aliphatic hydroxyl groups excluding tert-OH is 4. The van der Waals surface area contributed by atoms with E-state index in [1.165, 1.54) is 0 Å². The molecule has 0 aromatic heterocycles. The lowest BCUT2D eigenvalue weighted by Gasteiger charge is -2.51. The van der Waals surface area contributed by atoms with Gasteiger partial charge in [0.05, 0.1) is 98.7 Å². The standard InChI is InChI=1S/C48H74O14.C47H72O14/c1-11-25(2)43-28(5)17-18-47(62-43)23-34-20-33(61-47)16-15-27(4)42(26(3)13-12-14-32-24-55-45-40(49)29(6)19-35(46(51)58-34)48(32,45)52)59-39-22-37(54-10)44(31(8)57-39)60-38-21-36(53-9)41(50)30(7)56-38;1-24(2)41-27(5)16-17-46(61-41)22-33-19-32(60-46)15-14-26(4)42(25(3)12-11-13-31-23-54-44-39(48)28(6)18-34(45(50)57-33)47(31,44)51)58-38-21-36(53-10)43(30(8)56-38)59-37-20-35(52-9)40(49)29(7)55-37/h12-15,19,25-26,28,30-31,33-45,49-50,52H,11,16-18,20-24H2,1-10H3;11-14,18,24-25,27,29-30,32-44,48-49,51H,15-17,19-23H2,1-10H3/t25-,26-,28-,30-,31-,33+,34-,35-,36-,37-,38-,39-,40+,41-,42-,43+,44-,45+,47+,48+;25-,27-,29-,30-,32+,33-,34-,35-,36-,37-,38-,39+,40-,41+,42-,43-,44+,46+,47+/m00/s1. The number of aliphatic hydroxyl groups is 6. The zero-order valence-electron chi connectivity index (χ0n) is 76.2. The van der Waals surface area contributed by atoms with Crippen molar-refractivity contribution in [2.75, 3.05) is 41.7 Å². The number of allylic oxidation sites excluding steroid dienone is 4. The van der Waals surface area contributed by atoms with Gasteiger partial charge < -0.3 is 125 Å². The maximum absolute atomic E-state index is 14.4. The minimum absolute atomic E-state index is 0.00708. The van der Waals surface area contributed by atoms with Crippen LogP contribution in [0.2, 0.25) is 0 Å². The average molecular weight is 1740 g/mol. The van der Waals surface area contributed by atoms with Crippen molar-refractivity contribution in [1.82, 2.24) is 0 Å².